The second kappa shape index (κ2) is 13.0. The molecule has 0 amide bonds. The lowest BCUT2D eigenvalue weighted by atomic mass is 10.1. The number of benzene rings is 2. The summed E-state index contributed by atoms with van der Waals surface area (Å²) < 4.78 is 0. The van der Waals surface area contributed by atoms with Gasteiger partial charge in [-0.05, 0) is 48.9 Å². The van der Waals surface area contributed by atoms with Gasteiger partial charge in [0.1, 0.15) is 34.7 Å². The van der Waals surface area contributed by atoms with Crippen molar-refractivity contribution in [1.82, 2.24) is 4.98 Å². The van der Waals surface area contributed by atoms with Gasteiger partial charge in [0.05, 0.1) is 10.1 Å². The van der Waals surface area contributed by atoms with Gasteiger partial charge in [0.25, 0.3) is 0 Å². The van der Waals surface area contributed by atoms with E-state index in [-0.39, 0.29) is 22.5 Å². The Balaban J connectivity index is 1.95. The number of nitriles is 2. The van der Waals surface area contributed by atoms with Crippen LogP contribution in [0.3, 0.4) is 0 Å². The molecular formula is C27H21N5O2S2. The van der Waals surface area contributed by atoms with Crippen LogP contribution in [0.15, 0.2) is 100 Å². The van der Waals surface area contributed by atoms with Crippen LogP contribution < -0.4 is 10.6 Å². The summed E-state index contributed by atoms with van der Waals surface area (Å²) in [6.07, 6.45) is 3.49. The van der Waals surface area contributed by atoms with Crippen LogP contribution in [-0.2, 0) is 0 Å². The average molecular weight is 512 g/mol. The highest BCUT2D eigenvalue weighted by molar-refractivity contribution is 8.02. The summed E-state index contributed by atoms with van der Waals surface area (Å²) in [5, 5.41) is 26.4. The van der Waals surface area contributed by atoms with Crippen molar-refractivity contribution in [2.45, 2.75) is 0 Å². The van der Waals surface area contributed by atoms with Crippen molar-refractivity contribution in [3.05, 3.63) is 111 Å². The van der Waals surface area contributed by atoms with E-state index in [9.17, 15) is 20.1 Å². The fourth-order valence-electron chi connectivity index (χ4n) is 3.09. The van der Waals surface area contributed by atoms with Crippen LogP contribution in [0.4, 0.5) is 11.4 Å². The molecule has 7 nitrogen and oxygen atoms in total. The van der Waals surface area contributed by atoms with Crippen molar-refractivity contribution < 1.29 is 9.59 Å². The van der Waals surface area contributed by atoms with Gasteiger partial charge < -0.3 is 10.6 Å². The molecular weight excluding hydrogens is 490 g/mol. The zero-order valence-corrected chi connectivity index (χ0v) is 21.1. The molecule has 0 saturated heterocycles. The summed E-state index contributed by atoms with van der Waals surface area (Å²) in [5.41, 5.74) is 1.04. The van der Waals surface area contributed by atoms with E-state index < -0.39 is 11.6 Å². The van der Waals surface area contributed by atoms with Crippen molar-refractivity contribution in [2.75, 3.05) is 23.1 Å². The summed E-state index contributed by atoms with van der Waals surface area (Å²) in [6.45, 7) is 0. The molecule has 2 aromatic carbocycles. The fourth-order valence-corrected chi connectivity index (χ4v) is 4.21. The number of allylic oxidation sites excluding steroid dienone is 2. The SMILES string of the molecule is CS/C(Nc1ccccc1)=C(\C#N)C(=O)c1cccc(C(=O)/C(C#N)=C(\Nc2ccccc2)SC)n1. The van der Waals surface area contributed by atoms with E-state index in [0.29, 0.717) is 10.1 Å². The molecule has 1 heterocycles. The van der Waals surface area contributed by atoms with E-state index in [0.717, 1.165) is 11.4 Å². The molecule has 1 aromatic heterocycles. The fraction of sp³-hybridized carbons (Fsp3) is 0.0741. The van der Waals surface area contributed by atoms with E-state index in [4.69, 9.17) is 0 Å². The number of thioether (sulfide) groups is 2. The summed E-state index contributed by atoms with van der Waals surface area (Å²) in [4.78, 5) is 30.6. The quantitative estimate of drug-likeness (QED) is 0.196. The van der Waals surface area contributed by atoms with Crippen LogP contribution in [0.25, 0.3) is 0 Å². The summed E-state index contributed by atoms with van der Waals surface area (Å²) in [6, 6.07) is 26.6. The normalized spacial score (nSPS) is 11.8. The first-order valence-electron chi connectivity index (χ1n) is 10.6. The van der Waals surface area contributed by atoms with Crippen LogP contribution in [0.2, 0.25) is 0 Å². The van der Waals surface area contributed by atoms with Gasteiger partial charge in [0, 0.05) is 11.4 Å². The highest BCUT2D eigenvalue weighted by atomic mass is 32.2. The number of hydrogen-bond donors (Lipinski definition) is 2. The Morgan fingerprint density at radius 1 is 0.667 bits per heavy atom. The van der Waals surface area contributed by atoms with Crippen LogP contribution in [0, 0.1) is 22.7 Å². The zero-order valence-electron chi connectivity index (χ0n) is 19.5. The molecule has 0 unspecified atom stereocenters. The molecule has 0 fully saturated rings. The number of rotatable bonds is 10. The maximum atomic E-state index is 13.2. The Kier molecular flexibility index (Phi) is 9.47. The number of nitrogens with one attached hydrogen (secondary N) is 2. The predicted molar refractivity (Wildman–Crippen MR) is 145 cm³/mol. The Morgan fingerprint density at radius 3 is 1.39 bits per heavy atom. The molecule has 0 spiro atoms. The van der Waals surface area contributed by atoms with Gasteiger partial charge in [-0.2, -0.15) is 10.5 Å². The lowest BCUT2D eigenvalue weighted by Gasteiger charge is -2.12. The molecule has 0 aliphatic heterocycles. The third-order valence-corrected chi connectivity index (χ3v) is 6.25. The molecule has 3 aromatic rings. The van der Waals surface area contributed by atoms with Gasteiger partial charge in [-0.25, -0.2) is 4.98 Å². The first-order valence-corrected chi connectivity index (χ1v) is 13.0. The summed E-state index contributed by atoms with van der Waals surface area (Å²) in [5.74, 6) is -1.26. The lowest BCUT2D eigenvalue weighted by Crippen LogP contribution is -2.14. The number of pyridine rings is 1. The number of aromatic nitrogens is 1. The number of hydrogen-bond acceptors (Lipinski definition) is 9. The minimum absolute atomic E-state index is 0.0715. The van der Waals surface area contributed by atoms with Gasteiger partial charge in [0.15, 0.2) is 0 Å². The highest BCUT2D eigenvalue weighted by Crippen LogP contribution is 2.24. The molecule has 0 aliphatic carbocycles. The van der Waals surface area contributed by atoms with Gasteiger partial charge in [-0.3, -0.25) is 9.59 Å². The maximum absolute atomic E-state index is 13.2. The number of Topliss-reactive ketones (excluding diaryl/α,β-unsaturated/α-hetero) is 2. The van der Waals surface area contributed by atoms with Crippen LogP contribution in [0.5, 0.6) is 0 Å². The molecule has 0 radical (unpaired) electrons. The molecule has 0 atom stereocenters. The van der Waals surface area contributed by atoms with Crippen molar-refractivity contribution in [3.8, 4) is 12.1 Å². The molecule has 9 heteroatoms. The summed E-state index contributed by atoms with van der Waals surface area (Å²) >= 11 is 2.43. The maximum Gasteiger partial charge on any atom is 0.224 e. The van der Waals surface area contributed by atoms with Crippen molar-refractivity contribution in [3.63, 3.8) is 0 Å². The molecule has 0 bridgehead atoms. The summed E-state index contributed by atoms with van der Waals surface area (Å²) in [7, 11) is 0. The van der Waals surface area contributed by atoms with E-state index in [1.54, 1.807) is 12.5 Å². The third-order valence-electron chi connectivity index (χ3n) is 4.82. The first kappa shape index (κ1) is 26.3. The van der Waals surface area contributed by atoms with Gasteiger partial charge in [-0.1, -0.05) is 42.5 Å². The largest absolute Gasteiger partial charge is 0.349 e. The highest BCUT2D eigenvalue weighted by Gasteiger charge is 2.23. The van der Waals surface area contributed by atoms with E-state index >= 15 is 0 Å². The Labute approximate surface area is 217 Å². The molecule has 0 aliphatic rings. The van der Waals surface area contributed by atoms with Gasteiger partial charge in [-0.15, -0.1) is 23.5 Å². The Hall–Kier alpha value is -4.31. The van der Waals surface area contributed by atoms with Crippen LogP contribution >= 0.6 is 23.5 Å². The molecule has 36 heavy (non-hydrogen) atoms. The number of carbonyl (C=O) groups excluding carboxylic acids is 2. The standard InChI is InChI=1S/C27H21N5O2S2/c1-35-26(30-18-10-5-3-6-11-18)20(16-28)24(33)22-14-9-15-23(32-22)25(34)21(17-29)27(36-2)31-19-12-7-4-8-13-19/h3-15,30-31H,1-2H3/b26-20+,27-21+. The van der Waals surface area contributed by atoms with Crippen LogP contribution in [0.1, 0.15) is 21.0 Å². The lowest BCUT2D eigenvalue weighted by molar-refractivity contribution is 0.103. The van der Waals surface area contributed by atoms with Crippen molar-refractivity contribution in [2.24, 2.45) is 0 Å². The van der Waals surface area contributed by atoms with Crippen molar-refractivity contribution >= 4 is 46.5 Å². The third kappa shape index (κ3) is 6.42. The van der Waals surface area contributed by atoms with Crippen molar-refractivity contribution in [1.29, 1.82) is 10.5 Å². The molecule has 2 N–H and O–H groups in total. The second-order valence-corrected chi connectivity index (χ2v) is 8.72. The van der Waals surface area contributed by atoms with Gasteiger partial charge in [0.2, 0.25) is 11.6 Å². The van der Waals surface area contributed by atoms with E-state index in [1.165, 1.54) is 41.7 Å². The molecule has 0 saturated carbocycles. The topological polar surface area (TPSA) is 119 Å². The Bertz CT molecular complexity index is 1300. The predicted octanol–water partition coefficient (Wildman–Crippen LogP) is 5.87. The number of ketones is 2. The van der Waals surface area contributed by atoms with E-state index in [2.05, 4.69) is 15.6 Å². The average Bonchev–Trinajstić information content (AvgIpc) is 2.93. The minimum Gasteiger partial charge on any atom is -0.349 e. The smallest absolute Gasteiger partial charge is 0.224 e. The minimum atomic E-state index is -0.630. The number of carbonyl (C=O) groups is 2. The first-order chi connectivity index (χ1) is 17.5. The monoisotopic (exact) mass is 511 g/mol. The molecule has 178 valence electrons. The van der Waals surface area contributed by atoms with Gasteiger partial charge >= 0.3 is 0 Å². The van der Waals surface area contributed by atoms with E-state index in [1.807, 2.05) is 72.8 Å². The Morgan fingerprint density at radius 2 is 1.06 bits per heavy atom. The zero-order chi connectivity index (χ0) is 25.9. The second-order valence-electron chi connectivity index (χ2n) is 7.09. The molecule has 3 rings (SSSR count). The number of anilines is 2. The number of para-hydroxylation sites is 2. The number of nitrogens with zero attached hydrogens (tertiary/aromatic N) is 3. The van der Waals surface area contributed by atoms with Crippen LogP contribution in [-0.4, -0.2) is 29.1 Å².